The number of hydrogen-bond donors (Lipinski definition) is 1. The molecule has 0 aliphatic heterocycles. The van der Waals surface area contributed by atoms with Gasteiger partial charge in [0.1, 0.15) is 5.75 Å². The van der Waals surface area contributed by atoms with Crippen molar-refractivity contribution < 1.29 is 9.53 Å². The topological polar surface area (TPSA) is 55.6 Å². The van der Waals surface area contributed by atoms with Gasteiger partial charge >= 0.3 is 0 Å². The first kappa shape index (κ1) is 17.1. The summed E-state index contributed by atoms with van der Waals surface area (Å²) in [6.45, 7) is 8.16. The van der Waals surface area contributed by atoms with Crippen LogP contribution in [0.2, 0.25) is 0 Å². The van der Waals surface area contributed by atoms with Gasteiger partial charge in [-0.15, -0.1) is 0 Å². The highest BCUT2D eigenvalue weighted by atomic mass is 16.5. The van der Waals surface area contributed by atoms with Crippen LogP contribution in [0, 0.1) is 0 Å². The predicted octanol–water partition coefficient (Wildman–Crippen LogP) is 3.33. The molecule has 1 rings (SSSR count). The van der Waals surface area contributed by atoms with Crippen molar-refractivity contribution in [1.82, 2.24) is 4.90 Å². The van der Waals surface area contributed by atoms with Gasteiger partial charge in [-0.3, -0.25) is 4.79 Å². The lowest BCUT2D eigenvalue weighted by molar-refractivity contribution is -0.125. The molecule has 0 spiro atoms. The molecule has 0 fully saturated rings. The molecule has 0 heterocycles. The van der Waals surface area contributed by atoms with Crippen LogP contribution in [0.5, 0.6) is 5.75 Å². The van der Waals surface area contributed by atoms with Crippen molar-refractivity contribution in [2.24, 2.45) is 0 Å². The van der Waals surface area contributed by atoms with E-state index in [4.69, 9.17) is 10.5 Å². The van der Waals surface area contributed by atoms with Gasteiger partial charge in [0, 0.05) is 19.2 Å². The Kier molecular flexibility index (Phi) is 7.37. The Bertz CT molecular complexity index is 484. The largest absolute Gasteiger partial charge is 0.492 e. The van der Waals surface area contributed by atoms with Crippen molar-refractivity contribution in [2.45, 2.75) is 33.6 Å². The van der Waals surface area contributed by atoms with Gasteiger partial charge in [-0.05, 0) is 44.0 Å². The first-order chi connectivity index (χ1) is 10.1. The van der Waals surface area contributed by atoms with Crippen molar-refractivity contribution in [3.05, 3.63) is 29.8 Å². The summed E-state index contributed by atoms with van der Waals surface area (Å²) in [4.78, 5) is 13.9. The minimum atomic E-state index is 0.0402. The minimum Gasteiger partial charge on any atom is -0.492 e. The molecular formula is C17H26N2O2. The first-order valence-corrected chi connectivity index (χ1v) is 7.61. The van der Waals surface area contributed by atoms with Crippen LogP contribution in [0.4, 0.5) is 5.69 Å². The summed E-state index contributed by atoms with van der Waals surface area (Å²) >= 11 is 0. The SMILES string of the molecule is CCCCN(CC)C(=O)/C=C\c1ccc(OCC)c(N)c1. The third kappa shape index (κ3) is 5.50. The van der Waals surface area contributed by atoms with Crippen molar-refractivity contribution in [3.8, 4) is 5.75 Å². The lowest BCUT2D eigenvalue weighted by atomic mass is 10.1. The maximum Gasteiger partial charge on any atom is 0.246 e. The maximum atomic E-state index is 12.1. The van der Waals surface area contributed by atoms with E-state index in [2.05, 4.69) is 6.92 Å². The van der Waals surface area contributed by atoms with Crippen molar-refractivity contribution in [3.63, 3.8) is 0 Å². The van der Waals surface area contributed by atoms with Crippen molar-refractivity contribution in [1.29, 1.82) is 0 Å². The molecule has 0 saturated heterocycles. The van der Waals surface area contributed by atoms with Gasteiger partial charge in [-0.25, -0.2) is 0 Å². The Morgan fingerprint density at radius 1 is 1.33 bits per heavy atom. The normalized spacial score (nSPS) is 10.8. The van der Waals surface area contributed by atoms with E-state index >= 15 is 0 Å². The van der Waals surface area contributed by atoms with E-state index in [1.807, 2.05) is 36.9 Å². The van der Waals surface area contributed by atoms with Gasteiger partial charge < -0.3 is 15.4 Å². The first-order valence-electron chi connectivity index (χ1n) is 7.61. The highest BCUT2D eigenvalue weighted by Crippen LogP contribution is 2.23. The molecule has 1 aromatic rings. The fraction of sp³-hybridized carbons (Fsp3) is 0.471. The number of nitrogen functional groups attached to an aromatic ring is 1. The lowest BCUT2D eigenvalue weighted by Crippen LogP contribution is -2.30. The van der Waals surface area contributed by atoms with Crippen LogP contribution in [0.3, 0.4) is 0 Å². The highest BCUT2D eigenvalue weighted by molar-refractivity contribution is 5.92. The zero-order valence-electron chi connectivity index (χ0n) is 13.3. The zero-order chi connectivity index (χ0) is 15.7. The number of nitrogens with zero attached hydrogens (tertiary/aromatic N) is 1. The number of unbranched alkanes of at least 4 members (excludes halogenated alkanes) is 1. The average molecular weight is 290 g/mol. The Hall–Kier alpha value is -1.97. The Balaban J connectivity index is 2.70. The van der Waals surface area contributed by atoms with E-state index < -0.39 is 0 Å². The number of amides is 1. The number of anilines is 1. The highest BCUT2D eigenvalue weighted by Gasteiger charge is 2.07. The molecule has 116 valence electrons. The number of rotatable bonds is 8. The van der Waals surface area contributed by atoms with Crippen LogP contribution < -0.4 is 10.5 Å². The molecule has 0 atom stereocenters. The second-order valence-corrected chi connectivity index (χ2v) is 4.84. The fourth-order valence-electron chi connectivity index (χ4n) is 2.00. The zero-order valence-corrected chi connectivity index (χ0v) is 13.3. The van der Waals surface area contributed by atoms with Gasteiger partial charge in [-0.1, -0.05) is 19.4 Å². The predicted molar refractivity (Wildman–Crippen MR) is 88.2 cm³/mol. The molecule has 4 nitrogen and oxygen atoms in total. The van der Waals surface area contributed by atoms with Gasteiger partial charge in [0.25, 0.3) is 0 Å². The number of nitrogens with two attached hydrogens (primary N) is 1. The van der Waals surface area contributed by atoms with Crippen LogP contribution in [0.1, 0.15) is 39.2 Å². The monoisotopic (exact) mass is 290 g/mol. The van der Waals surface area contributed by atoms with Gasteiger partial charge in [0.05, 0.1) is 12.3 Å². The number of hydrogen-bond acceptors (Lipinski definition) is 3. The summed E-state index contributed by atoms with van der Waals surface area (Å²) in [7, 11) is 0. The standard InChI is InChI=1S/C17H26N2O2/c1-4-7-12-19(5-2)17(20)11-9-14-8-10-16(21-6-3)15(18)13-14/h8-11,13H,4-7,12,18H2,1-3H3/b11-9-. The van der Waals surface area contributed by atoms with E-state index in [1.54, 1.807) is 12.2 Å². The number of ether oxygens (including phenoxy) is 1. The molecule has 1 amide bonds. The summed E-state index contributed by atoms with van der Waals surface area (Å²) in [5, 5.41) is 0. The van der Waals surface area contributed by atoms with Crippen LogP contribution in [0.15, 0.2) is 24.3 Å². The van der Waals surface area contributed by atoms with E-state index in [9.17, 15) is 4.79 Å². The summed E-state index contributed by atoms with van der Waals surface area (Å²) in [6, 6.07) is 5.54. The lowest BCUT2D eigenvalue weighted by Gasteiger charge is -2.18. The van der Waals surface area contributed by atoms with Gasteiger partial charge in [0.2, 0.25) is 5.91 Å². The number of benzene rings is 1. The molecule has 0 radical (unpaired) electrons. The number of carbonyl (C=O) groups is 1. The summed E-state index contributed by atoms with van der Waals surface area (Å²) in [6.07, 6.45) is 5.52. The van der Waals surface area contributed by atoms with Crippen molar-refractivity contribution in [2.75, 3.05) is 25.4 Å². The van der Waals surface area contributed by atoms with Crippen LogP contribution in [-0.2, 0) is 4.79 Å². The molecule has 4 heteroatoms. The molecular weight excluding hydrogens is 264 g/mol. The Morgan fingerprint density at radius 2 is 2.10 bits per heavy atom. The number of carbonyl (C=O) groups excluding carboxylic acids is 1. The molecule has 0 unspecified atom stereocenters. The van der Waals surface area contributed by atoms with E-state index in [1.165, 1.54) is 0 Å². The van der Waals surface area contributed by atoms with E-state index in [-0.39, 0.29) is 5.91 Å². The molecule has 2 N–H and O–H groups in total. The van der Waals surface area contributed by atoms with E-state index in [0.29, 0.717) is 18.0 Å². The minimum absolute atomic E-state index is 0.0402. The van der Waals surface area contributed by atoms with Crippen LogP contribution >= 0.6 is 0 Å². The molecule has 0 bridgehead atoms. The fourth-order valence-corrected chi connectivity index (χ4v) is 2.00. The summed E-state index contributed by atoms with van der Waals surface area (Å²) in [5.41, 5.74) is 7.40. The third-order valence-electron chi connectivity index (χ3n) is 3.23. The Morgan fingerprint density at radius 3 is 2.67 bits per heavy atom. The van der Waals surface area contributed by atoms with E-state index in [0.717, 1.165) is 31.5 Å². The Labute approximate surface area is 127 Å². The summed E-state index contributed by atoms with van der Waals surface area (Å²) in [5.74, 6) is 0.720. The van der Waals surface area contributed by atoms with Crippen LogP contribution in [0.25, 0.3) is 6.08 Å². The van der Waals surface area contributed by atoms with Crippen LogP contribution in [-0.4, -0.2) is 30.5 Å². The van der Waals surface area contributed by atoms with Gasteiger partial charge in [0.15, 0.2) is 0 Å². The molecule has 0 aliphatic carbocycles. The molecule has 0 aliphatic rings. The number of likely N-dealkylation sites (N-methyl/N-ethyl adjacent to an activating group) is 1. The molecule has 0 aromatic heterocycles. The third-order valence-corrected chi connectivity index (χ3v) is 3.23. The molecule has 1 aromatic carbocycles. The summed E-state index contributed by atoms with van der Waals surface area (Å²) < 4.78 is 5.39. The van der Waals surface area contributed by atoms with Crippen molar-refractivity contribution >= 4 is 17.7 Å². The molecule has 0 saturated carbocycles. The second-order valence-electron chi connectivity index (χ2n) is 4.84. The average Bonchev–Trinajstić information content (AvgIpc) is 2.48. The second kappa shape index (κ2) is 9.06. The van der Waals surface area contributed by atoms with Gasteiger partial charge in [-0.2, -0.15) is 0 Å². The molecule has 21 heavy (non-hydrogen) atoms. The smallest absolute Gasteiger partial charge is 0.246 e. The maximum absolute atomic E-state index is 12.1. The quantitative estimate of drug-likeness (QED) is 0.590.